The van der Waals surface area contributed by atoms with Gasteiger partial charge in [0.05, 0.1) is 11.6 Å². The molecule has 0 spiro atoms. The number of carboxylic acid groups (broad SMARTS) is 1. The molecule has 0 saturated heterocycles. The molecule has 0 heterocycles. The van der Waals surface area contributed by atoms with E-state index in [9.17, 15) is 30.8 Å². The third-order valence-electron chi connectivity index (χ3n) is 4.09. The summed E-state index contributed by atoms with van der Waals surface area (Å²) < 4.78 is 84.8. The van der Waals surface area contributed by atoms with Gasteiger partial charge in [-0.05, 0) is 35.4 Å². The molecule has 0 radical (unpaired) electrons. The first-order chi connectivity index (χ1) is 14.6. The predicted molar refractivity (Wildman–Crippen MR) is 97.6 cm³/mol. The summed E-state index contributed by atoms with van der Waals surface area (Å²) in [6, 6.07) is 13.4. The molecule has 0 aliphatic rings. The Morgan fingerprint density at radius 3 is 1.71 bits per heavy atom. The van der Waals surface area contributed by atoms with Crippen molar-refractivity contribution in [1.29, 1.82) is 5.26 Å². The summed E-state index contributed by atoms with van der Waals surface area (Å²) in [6.45, 7) is 0. The highest BCUT2D eigenvalue weighted by Crippen LogP contribution is 2.30. The topological polar surface area (TPSA) is 104 Å². The van der Waals surface area contributed by atoms with Gasteiger partial charge in [0.2, 0.25) is 0 Å². The molecule has 0 atom stereocenters. The maximum Gasteiger partial charge on any atom is 0.345 e. The summed E-state index contributed by atoms with van der Waals surface area (Å²) in [5.41, 5.74) is -0.304. The van der Waals surface area contributed by atoms with E-state index in [1.54, 1.807) is 24.3 Å². The highest BCUT2D eigenvalue weighted by Gasteiger charge is 2.36. The van der Waals surface area contributed by atoms with E-state index in [1.165, 1.54) is 12.1 Å². The second kappa shape index (κ2) is 8.08. The van der Waals surface area contributed by atoms with Crippen molar-refractivity contribution in [1.82, 2.24) is 0 Å². The molecule has 0 amide bonds. The van der Waals surface area contributed by atoms with Crippen LogP contribution in [0, 0.1) is 34.6 Å². The Morgan fingerprint density at radius 2 is 1.29 bits per heavy atom. The zero-order valence-corrected chi connectivity index (χ0v) is 15.9. The highest BCUT2D eigenvalue weighted by molar-refractivity contribution is 7.87. The largest absolute Gasteiger partial charge is 0.477 e. The smallest absolute Gasteiger partial charge is 0.345 e. The van der Waals surface area contributed by atoms with Gasteiger partial charge < -0.3 is 9.29 Å². The van der Waals surface area contributed by atoms with Crippen LogP contribution in [0.15, 0.2) is 53.4 Å². The second-order valence-corrected chi connectivity index (χ2v) is 7.50. The van der Waals surface area contributed by atoms with Crippen LogP contribution in [-0.2, 0) is 10.1 Å². The number of benzene rings is 3. The van der Waals surface area contributed by atoms with Gasteiger partial charge in [-0.15, -0.1) is 0 Å². The van der Waals surface area contributed by atoms with Crippen molar-refractivity contribution in [3.05, 3.63) is 82.9 Å². The molecule has 0 saturated carbocycles. The molecule has 0 aliphatic carbocycles. The van der Waals surface area contributed by atoms with Crippen molar-refractivity contribution in [3.8, 4) is 22.9 Å². The average Bonchev–Trinajstić information content (AvgIpc) is 2.72. The van der Waals surface area contributed by atoms with E-state index in [1.807, 2.05) is 6.07 Å². The van der Waals surface area contributed by atoms with Crippen LogP contribution in [0.5, 0.6) is 5.75 Å². The fraction of sp³-hybridized carbons (Fsp3) is 0. The molecule has 3 rings (SSSR count). The van der Waals surface area contributed by atoms with Crippen LogP contribution >= 0.6 is 0 Å². The standard InChI is InChI=1S/C20H9F4NO5S/c21-15-14(20(26)27)16(22)18(24)19(17(15)23)31(28,29)30-13-7-5-12(6-8-13)11-3-1-10(9-25)2-4-11/h1-8H,(H,26,27). The van der Waals surface area contributed by atoms with E-state index in [0.717, 1.165) is 12.1 Å². The number of nitriles is 1. The van der Waals surface area contributed by atoms with Crippen molar-refractivity contribution in [3.63, 3.8) is 0 Å². The van der Waals surface area contributed by atoms with Gasteiger partial charge >= 0.3 is 16.1 Å². The van der Waals surface area contributed by atoms with Crippen LogP contribution in [0.3, 0.4) is 0 Å². The number of rotatable bonds is 5. The molecular formula is C20H9F4NO5S. The lowest BCUT2D eigenvalue weighted by Crippen LogP contribution is -2.19. The molecule has 3 aromatic rings. The van der Waals surface area contributed by atoms with Crippen LogP contribution in [0.2, 0.25) is 0 Å². The lowest BCUT2D eigenvalue weighted by molar-refractivity contribution is 0.0682. The van der Waals surface area contributed by atoms with Crippen molar-refractivity contribution in [2.75, 3.05) is 0 Å². The molecule has 158 valence electrons. The first-order valence-corrected chi connectivity index (χ1v) is 9.62. The Morgan fingerprint density at radius 1 is 0.839 bits per heavy atom. The van der Waals surface area contributed by atoms with Crippen molar-refractivity contribution in [2.45, 2.75) is 4.90 Å². The van der Waals surface area contributed by atoms with Gasteiger partial charge in [0.15, 0.2) is 28.2 Å². The third-order valence-corrected chi connectivity index (χ3v) is 5.36. The van der Waals surface area contributed by atoms with Gasteiger partial charge in [-0.2, -0.15) is 13.7 Å². The number of halogens is 4. The van der Waals surface area contributed by atoms with Crippen molar-refractivity contribution < 1.29 is 40.1 Å². The Balaban J connectivity index is 1.96. The van der Waals surface area contributed by atoms with Gasteiger partial charge in [-0.25, -0.2) is 22.4 Å². The quantitative estimate of drug-likeness (QED) is 0.353. The lowest BCUT2D eigenvalue weighted by Gasteiger charge is -2.12. The third kappa shape index (κ3) is 4.06. The molecule has 0 aromatic heterocycles. The van der Waals surface area contributed by atoms with Crippen molar-refractivity contribution >= 4 is 16.1 Å². The SMILES string of the molecule is N#Cc1ccc(-c2ccc(OS(=O)(=O)c3c(F)c(F)c(C(=O)O)c(F)c3F)cc2)cc1. The summed E-state index contributed by atoms with van der Waals surface area (Å²) in [5, 5.41) is 17.5. The summed E-state index contributed by atoms with van der Waals surface area (Å²) >= 11 is 0. The summed E-state index contributed by atoms with van der Waals surface area (Å²) in [6.07, 6.45) is 0. The van der Waals surface area contributed by atoms with Crippen LogP contribution in [0.4, 0.5) is 17.6 Å². The predicted octanol–water partition coefficient (Wildman–Crippen LogP) is 4.25. The maximum absolute atomic E-state index is 14.1. The van der Waals surface area contributed by atoms with E-state index in [4.69, 9.17) is 10.4 Å². The van der Waals surface area contributed by atoms with Gasteiger partial charge in [0.25, 0.3) is 0 Å². The molecule has 0 fully saturated rings. The lowest BCUT2D eigenvalue weighted by atomic mass is 10.0. The maximum atomic E-state index is 14.1. The molecule has 11 heteroatoms. The summed E-state index contributed by atoms with van der Waals surface area (Å²) in [4.78, 5) is 8.68. The minimum Gasteiger partial charge on any atom is -0.477 e. The monoisotopic (exact) mass is 451 g/mol. The molecule has 6 nitrogen and oxygen atoms in total. The van der Waals surface area contributed by atoms with Gasteiger partial charge in [-0.1, -0.05) is 24.3 Å². The average molecular weight is 451 g/mol. The molecule has 3 aromatic carbocycles. The summed E-state index contributed by atoms with van der Waals surface area (Å²) in [5.74, 6) is -12.4. The Kier molecular flexibility index (Phi) is 5.68. The van der Waals surface area contributed by atoms with Gasteiger partial charge in [-0.3, -0.25) is 0 Å². The van der Waals surface area contributed by atoms with Crippen LogP contribution in [-0.4, -0.2) is 19.5 Å². The molecule has 31 heavy (non-hydrogen) atoms. The van der Waals surface area contributed by atoms with Crippen LogP contribution in [0.1, 0.15) is 15.9 Å². The van der Waals surface area contributed by atoms with E-state index >= 15 is 0 Å². The van der Waals surface area contributed by atoms with Gasteiger partial charge in [0.1, 0.15) is 11.3 Å². The number of carbonyl (C=O) groups is 1. The Bertz CT molecular complexity index is 1300. The molecule has 0 bridgehead atoms. The number of aromatic carboxylic acids is 1. The fourth-order valence-corrected chi connectivity index (χ4v) is 3.69. The number of carboxylic acids is 1. The first kappa shape index (κ1) is 21.8. The van der Waals surface area contributed by atoms with E-state index in [0.29, 0.717) is 16.7 Å². The van der Waals surface area contributed by atoms with Gasteiger partial charge in [0, 0.05) is 0 Å². The minimum atomic E-state index is -5.41. The number of nitrogens with zero attached hydrogens (tertiary/aromatic N) is 1. The Labute approximate surface area is 172 Å². The van der Waals surface area contributed by atoms with E-state index in [-0.39, 0.29) is 0 Å². The van der Waals surface area contributed by atoms with Crippen molar-refractivity contribution in [2.24, 2.45) is 0 Å². The van der Waals surface area contributed by atoms with E-state index < -0.39 is 55.6 Å². The first-order valence-electron chi connectivity index (χ1n) is 8.21. The van der Waals surface area contributed by atoms with Crippen LogP contribution < -0.4 is 4.18 Å². The van der Waals surface area contributed by atoms with E-state index in [2.05, 4.69) is 4.18 Å². The molecule has 0 unspecified atom stereocenters. The fourth-order valence-electron chi connectivity index (χ4n) is 2.63. The Hall–Kier alpha value is -3.91. The second-order valence-electron chi connectivity index (χ2n) is 6.02. The number of hydrogen-bond acceptors (Lipinski definition) is 5. The van der Waals surface area contributed by atoms with Crippen LogP contribution in [0.25, 0.3) is 11.1 Å². The zero-order valence-electron chi connectivity index (χ0n) is 15.1. The molecular weight excluding hydrogens is 442 g/mol. The zero-order chi connectivity index (χ0) is 22.9. The summed E-state index contributed by atoms with van der Waals surface area (Å²) in [7, 11) is -5.41. The molecule has 1 N–H and O–H groups in total. The minimum absolute atomic E-state index is 0.423. The highest BCUT2D eigenvalue weighted by atomic mass is 32.2. The normalized spacial score (nSPS) is 11.1. The molecule has 0 aliphatic heterocycles. The number of hydrogen-bond donors (Lipinski definition) is 1.